The number of hydrogen-bond donors (Lipinski definition) is 0. The number of rotatable bonds is 6. The van der Waals surface area contributed by atoms with E-state index >= 15 is 0 Å². The molecule has 0 amide bonds. The smallest absolute Gasteiger partial charge is 0.350 e. The topological polar surface area (TPSA) is 63.9 Å². The quantitative estimate of drug-likeness (QED) is 0.201. The molecule has 0 unspecified atom stereocenters. The summed E-state index contributed by atoms with van der Waals surface area (Å²) in [5.74, 6) is -0.215. The first kappa shape index (κ1) is 24.5. The van der Waals surface area contributed by atoms with Crippen molar-refractivity contribution in [3.8, 4) is 5.69 Å². The van der Waals surface area contributed by atoms with E-state index in [9.17, 15) is 9.59 Å². The summed E-state index contributed by atoms with van der Waals surface area (Å²) >= 11 is 1.24. The zero-order valence-electron chi connectivity index (χ0n) is 18.9. The maximum Gasteiger partial charge on any atom is 0.350 e. The number of aromatic nitrogens is 1. The number of esters is 1. The third kappa shape index (κ3) is 4.79. The second-order valence-corrected chi connectivity index (χ2v) is 9.18. The molecule has 0 atom stereocenters. The lowest BCUT2D eigenvalue weighted by Crippen LogP contribution is -2.18. The van der Waals surface area contributed by atoms with Gasteiger partial charge in [-0.3, -0.25) is 9.36 Å². The number of hydrogen-bond acceptors (Lipinski definition) is 5. The van der Waals surface area contributed by atoms with Crippen LogP contribution < -0.4 is 5.56 Å². The molecular formula is C25H26ClN3O3S. The summed E-state index contributed by atoms with van der Waals surface area (Å²) < 4.78 is 7.21. The van der Waals surface area contributed by atoms with E-state index in [4.69, 9.17) is 4.74 Å². The van der Waals surface area contributed by atoms with Crippen LogP contribution in [-0.2, 0) is 4.74 Å². The van der Waals surface area contributed by atoms with Crippen molar-refractivity contribution in [2.75, 3.05) is 20.7 Å². The van der Waals surface area contributed by atoms with Crippen LogP contribution in [0.4, 0.5) is 5.69 Å². The number of pyridine rings is 1. The van der Waals surface area contributed by atoms with Gasteiger partial charge < -0.3 is 9.64 Å². The Kier molecular flexibility index (Phi) is 7.56. The fourth-order valence-electron chi connectivity index (χ4n) is 3.47. The fraction of sp³-hybridized carbons (Fsp3) is 0.240. The second-order valence-electron chi connectivity index (χ2n) is 8.18. The Hall–Kier alpha value is -3.16. The van der Waals surface area contributed by atoms with Crippen LogP contribution in [0, 0.1) is 5.92 Å². The van der Waals surface area contributed by atoms with Crippen molar-refractivity contribution in [3.63, 3.8) is 0 Å². The molecule has 0 bridgehead atoms. The minimum atomic E-state index is -0.429. The molecule has 2 heterocycles. The van der Waals surface area contributed by atoms with Crippen molar-refractivity contribution in [2.45, 2.75) is 13.8 Å². The number of ether oxygens (including phenoxy) is 1. The van der Waals surface area contributed by atoms with Crippen LogP contribution in [0.3, 0.4) is 0 Å². The van der Waals surface area contributed by atoms with E-state index in [1.54, 1.807) is 10.9 Å². The largest absolute Gasteiger partial charge is 0.461 e. The van der Waals surface area contributed by atoms with Gasteiger partial charge in [0.15, 0.2) is 0 Å². The average molecular weight is 484 g/mol. The van der Waals surface area contributed by atoms with E-state index in [0.29, 0.717) is 27.4 Å². The van der Waals surface area contributed by atoms with Crippen LogP contribution in [0.2, 0.25) is 0 Å². The molecule has 0 aliphatic rings. The molecule has 2 aromatic carbocycles. The summed E-state index contributed by atoms with van der Waals surface area (Å²) in [6.07, 6.45) is 1.66. The standard InChI is InChI=1S/C25H25N3O3S.ClH/c1-16(2)14-31-25(30)22-21(26-15-27(3)4)20-18-12-8-9-13-19(18)23(29)28(24(20)32-22)17-10-6-5-7-11-17;/h5-13,15-16H,14H2,1-4H3;1H. The van der Waals surface area contributed by atoms with Crippen molar-refractivity contribution >= 4 is 62.7 Å². The molecule has 0 aliphatic carbocycles. The van der Waals surface area contributed by atoms with Crippen LogP contribution >= 0.6 is 23.7 Å². The van der Waals surface area contributed by atoms with Gasteiger partial charge in [-0.25, -0.2) is 9.79 Å². The van der Waals surface area contributed by atoms with Gasteiger partial charge in [0.05, 0.1) is 18.6 Å². The van der Waals surface area contributed by atoms with Gasteiger partial charge in [-0.1, -0.05) is 50.2 Å². The Labute approximate surface area is 202 Å². The maximum absolute atomic E-state index is 13.5. The highest BCUT2D eigenvalue weighted by molar-refractivity contribution is 7.21. The van der Waals surface area contributed by atoms with Gasteiger partial charge in [-0.15, -0.1) is 23.7 Å². The Bertz CT molecular complexity index is 1370. The number of fused-ring (bicyclic) bond motifs is 3. The minimum Gasteiger partial charge on any atom is -0.461 e. The molecule has 0 saturated heterocycles. The number of benzene rings is 2. The highest BCUT2D eigenvalue weighted by Gasteiger charge is 2.25. The Morgan fingerprint density at radius 1 is 1.09 bits per heavy atom. The molecule has 0 aliphatic heterocycles. The summed E-state index contributed by atoms with van der Waals surface area (Å²) in [4.78, 5) is 34.1. The number of para-hydroxylation sites is 1. The SMILES string of the molecule is CC(C)COC(=O)c1sc2c(c1N=CN(C)C)c1ccccc1c(=O)n2-c1ccccc1.Cl. The molecule has 172 valence electrons. The monoisotopic (exact) mass is 483 g/mol. The van der Waals surface area contributed by atoms with Gasteiger partial charge in [0, 0.05) is 24.9 Å². The molecule has 0 saturated carbocycles. The predicted octanol–water partition coefficient (Wildman–Crippen LogP) is 5.66. The van der Waals surface area contributed by atoms with Gasteiger partial charge in [-0.05, 0) is 29.5 Å². The van der Waals surface area contributed by atoms with Crippen molar-refractivity contribution in [2.24, 2.45) is 10.9 Å². The third-order valence-corrected chi connectivity index (χ3v) is 6.01. The Morgan fingerprint density at radius 2 is 1.73 bits per heavy atom. The van der Waals surface area contributed by atoms with Gasteiger partial charge in [0.2, 0.25) is 0 Å². The molecule has 0 radical (unpaired) electrons. The molecule has 0 spiro atoms. The van der Waals surface area contributed by atoms with Crippen molar-refractivity contribution in [1.82, 2.24) is 9.47 Å². The maximum atomic E-state index is 13.5. The summed E-state index contributed by atoms with van der Waals surface area (Å²) in [6, 6.07) is 16.9. The number of carbonyl (C=O) groups excluding carboxylic acids is 1. The molecular weight excluding hydrogens is 458 g/mol. The van der Waals surface area contributed by atoms with Crippen molar-refractivity contribution in [3.05, 3.63) is 69.8 Å². The van der Waals surface area contributed by atoms with Gasteiger partial charge in [0.1, 0.15) is 15.4 Å². The summed E-state index contributed by atoms with van der Waals surface area (Å²) in [5.41, 5.74) is 1.12. The second kappa shape index (κ2) is 10.2. The minimum absolute atomic E-state index is 0. The Morgan fingerprint density at radius 3 is 2.36 bits per heavy atom. The van der Waals surface area contributed by atoms with Crippen LogP contribution in [0.1, 0.15) is 23.5 Å². The van der Waals surface area contributed by atoms with E-state index in [2.05, 4.69) is 4.99 Å². The highest BCUT2D eigenvalue weighted by atomic mass is 35.5. The van der Waals surface area contributed by atoms with Crippen molar-refractivity contribution in [1.29, 1.82) is 0 Å². The lowest BCUT2D eigenvalue weighted by Gasteiger charge is -2.10. The van der Waals surface area contributed by atoms with Crippen LogP contribution in [0.25, 0.3) is 26.7 Å². The van der Waals surface area contributed by atoms with Gasteiger partial charge in [0.25, 0.3) is 5.56 Å². The van der Waals surface area contributed by atoms with E-state index in [0.717, 1.165) is 16.5 Å². The number of halogens is 1. The molecule has 8 heteroatoms. The summed E-state index contributed by atoms with van der Waals surface area (Å²) in [7, 11) is 3.74. The number of aliphatic imine (C=N–C) groups is 1. The molecule has 2 aromatic heterocycles. The zero-order valence-corrected chi connectivity index (χ0v) is 20.6. The van der Waals surface area contributed by atoms with Crippen LogP contribution in [-0.4, -0.2) is 42.5 Å². The molecule has 0 N–H and O–H groups in total. The lowest BCUT2D eigenvalue weighted by molar-refractivity contribution is 0.0465. The van der Waals surface area contributed by atoms with E-state index in [1.165, 1.54) is 11.3 Å². The summed E-state index contributed by atoms with van der Waals surface area (Å²) in [6.45, 7) is 4.30. The molecule has 33 heavy (non-hydrogen) atoms. The van der Waals surface area contributed by atoms with Crippen molar-refractivity contribution < 1.29 is 9.53 Å². The van der Waals surface area contributed by atoms with Gasteiger partial charge >= 0.3 is 5.97 Å². The highest BCUT2D eigenvalue weighted by Crippen LogP contribution is 2.42. The zero-order chi connectivity index (χ0) is 22.8. The first-order valence-corrected chi connectivity index (χ1v) is 11.2. The van der Waals surface area contributed by atoms with Crippen LogP contribution in [0.15, 0.2) is 64.4 Å². The predicted molar refractivity (Wildman–Crippen MR) is 139 cm³/mol. The molecule has 4 aromatic rings. The number of thiophene rings is 1. The third-order valence-electron chi connectivity index (χ3n) is 4.86. The van der Waals surface area contributed by atoms with E-state index < -0.39 is 5.97 Å². The fourth-order valence-corrected chi connectivity index (χ4v) is 4.64. The molecule has 6 nitrogen and oxygen atoms in total. The molecule has 0 fully saturated rings. The summed E-state index contributed by atoms with van der Waals surface area (Å²) in [5, 5.41) is 2.11. The van der Waals surface area contributed by atoms with Gasteiger partial charge in [-0.2, -0.15) is 0 Å². The normalized spacial score (nSPS) is 11.3. The molecule has 4 rings (SSSR count). The first-order valence-electron chi connectivity index (χ1n) is 10.4. The number of carbonyl (C=O) groups is 1. The Balaban J connectivity index is 0.00000306. The first-order chi connectivity index (χ1) is 15.4. The van der Waals surface area contributed by atoms with E-state index in [-0.39, 0.29) is 23.9 Å². The van der Waals surface area contributed by atoms with Crippen LogP contribution in [0.5, 0.6) is 0 Å². The van der Waals surface area contributed by atoms with E-state index in [1.807, 2.05) is 87.4 Å². The lowest BCUT2D eigenvalue weighted by atomic mass is 10.1. The average Bonchev–Trinajstić information content (AvgIpc) is 3.16. The number of nitrogens with zero attached hydrogens (tertiary/aromatic N) is 3.